The van der Waals surface area contributed by atoms with Crippen LogP contribution in [0.1, 0.15) is 11.1 Å². The number of aromatic nitrogens is 3. The molecule has 1 heterocycles. The molecule has 5 nitrogen and oxygen atoms in total. The van der Waals surface area contributed by atoms with E-state index < -0.39 is 0 Å². The highest BCUT2D eigenvalue weighted by atomic mass is 19.1. The number of ether oxygens (including phenoxy) is 1. The lowest BCUT2D eigenvalue weighted by Crippen LogP contribution is -1.97. The molecule has 0 fully saturated rings. The van der Waals surface area contributed by atoms with Crippen LogP contribution in [0.25, 0.3) is 11.0 Å². The van der Waals surface area contributed by atoms with Crippen molar-refractivity contribution in [1.29, 1.82) is 0 Å². The summed E-state index contributed by atoms with van der Waals surface area (Å²) in [6, 6.07) is 7.01. The van der Waals surface area contributed by atoms with Crippen molar-refractivity contribution in [2.24, 2.45) is 7.05 Å². The van der Waals surface area contributed by atoms with Gasteiger partial charge in [-0.25, -0.2) is 9.07 Å². The van der Waals surface area contributed by atoms with Gasteiger partial charge in [0.25, 0.3) is 0 Å². The first-order chi connectivity index (χ1) is 9.97. The second-order valence-corrected chi connectivity index (χ2v) is 5.02. The molecular formula is C15H15FN4O. The van der Waals surface area contributed by atoms with Crippen LogP contribution < -0.4 is 10.5 Å². The Morgan fingerprint density at radius 3 is 2.67 bits per heavy atom. The summed E-state index contributed by atoms with van der Waals surface area (Å²) in [5, 5.41) is 7.76. The van der Waals surface area contributed by atoms with E-state index in [2.05, 4.69) is 10.3 Å². The first-order valence-electron chi connectivity index (χ1n) is 6.50. The lowest BCUT2D eigenvalue weighted by molar-refractivity contribution is 0.469. The number of rotatable bonds is 2. The average Bonchev–Trinajstić information content (AvgIpc) is 2.80. The summed E-state index contributed by atoms with van der Waals surface area (Å²) in [6.45, 7) is 3.56. The fraction of sp³-hybridized carbons (Fsp3) is 0.200. The summed E-state index contributed by atoms with van der Waals surface area (Å²) < 4.78 is 21.7. The zero-order valence-electron chi connectivity index (χ0n) is 12.0. The van der Waals surface area contributed by atoms with Crippen LogP contribution in [0, 0.1) is 19.7 Å². The van der Waals surface area contributed by atoms with E-state index >= 15 is 0 Å². The second kappa shape index (κ2) is 4.73. The number of hydrogen-bond donors (Lipinski definition) is 1. The number of nitrogen functional groups attached to an aromatic ring is 1. The third-order valence-corrected chi connectivity index (χ3v) is 3.45. The van der Waals surface area contributed by atoms with Crippen molar-refractivity contribution in [2.45, 2.75) is 13.8 Å². The molecule has 0 radical (unpaired) electrons. The molecule has 1 aromatic heterocycles. The van der Waals surface area contributed by atoms with Crippen LogP contribution in [0.3, 0.4) is 0 Å². The van der Waals surface area contributed by atoms with Crippen LogP contribution >= 0.6 is 0 Å². The van der Waals surface area contributed by atoms with Gasteiger partial charge in [0.1, 0.15) is 22.5 Å². The number of benzene rings is 2. The number of hydrogen-bond acceptors (Lipinski definition) is 4. The molecule has 0 spiro atoms. The van der Waals surface area contributed by atoms with Crippen LogP contribution in [-0.4, -0.2) is 15.0 Å². The fourth-order valence-electron chi connectivity index (χ4n) is 2.25. The summed E-state index contributed by atoms with van der Waals surface area (Å²) in [7, 11) is 1.66. The zero-order chi connectivity index (χ0) is 15.1. The summed E-state index contributed by atoms with van der Waals surface area (Å²) >= 11 is 0. The van der Waals surface area contributed by atoms with Crippen molar-refractivity contribution in [3.05, 3.63) is 41.2 Å². The van der Waals surface area contributed by atoms with Gasteiger partial charge in [0.2, 0.25) is 0 Å². The number of nitrogens with two attached hydrogens (primary N) is 1. The predicted octanol–water partition coefficient (Wildman–Crippen LogP) is 3.10. The van der Waals surface area contributed by atoms with E-state index in [9.17, 15) is 4.39 Å². The van der Waals surface area contributed by atoms with Crippen LogP contribution in [0.4, 0.5) is 10.1 Å². The minimum Gasteiger partial charge on any atom is -0.457 e. The van der Waals surface area contributed by atoms with E-state index in [1.54, 1.807) is 32.2 Å². The van der Waals surface area contributed by atoms with Gasteiger partial charge < -0.3 is 10.5 Å². The summed E-state index contributed by atoms with van der Waals surface area (Å²) in [4.78, 5) is 0. The van der Waals surface area contributed by atoms with Gasteiger partial charge >= 0.3 is 0 Å². The molecule has 0 aliphatic rings. The molecule has 6 heteroatoms. The molecule has 0 aliphatic carbocycles. The molecule has 0 bridgehead atoms. The molecule has 0 amide bonds. The monoisotopic (exact) mass is 286 g/mol. The largest absolute Gasteiger partial charge is 0.457 e. The van der Waals surface area contributed by atoms with Crippen molar-refractivity contribution in [2.75, 3.05) is 5.73 Å². The second-order valence-electron chi connectivity index (χ2n) is 5.02. The lowest BCUT2D eigenvalue weighted by atomic mass is 10.1. The Morgan fingerprint density at radius 1 is 1.19 bits per heavy atom. The number of aryl methyl sites for hydroxylation is 2. The Balaban J connectivity index is 2.10. The number of anilines is 1. The van der Waals surface area contributed by atoms with Gasteiger partial charge in [-0.3, -0.25) is 0 Å². The van der Waals surface area contributed by atoms with E-state index in [1.807, 2.05) is 13.0 Å². The third-order valence-electron chi connectivity index (χ3n) is 3.45. The molecule has 0 aliphatic heterocycles. The lowest BCUT2D eigenvalue weighted by Gasteiger charge is -2.12. The maximum Gasteiger partial charge on any atom is 0.157 e. The fourth-order valence-corrected chi connectivity index (χ4v) is 2.25. The molecule has 3 rings (SSSR count). The van der Waals surface area contributed by atoms with Gasteiger partial charge in [0.15, 0.2) is 5.82 Å². The molecule has 0 unspecified atom stereocenters. The van der Waals surface area contributed by atoms with Crippen LogP contribution in [0.5, 0.6) is 11.5 Å². The molecule has 21 heavy (non-hydrogen) atoms. The summed E-state index contributed by atoms with van der Waals surface area (Å²) in [6.07, 6.45) is 0. The van der Waals surface area contributed by atoms with Gasteiger partial charge in [-0.05, 0) is 37.6 Å². The first kappa shape index (κ1) is 13.4. The average molecular weight is 286 g/mol. The number of halogens is 1. The van der Waals surface area contributed by atoms with Gasteiger partial charge in [-0.1, -0.05) is 5.21 Å². The Morgan fingerprint density at radius 2 is 1.95 bits per heavy atom. The van der Waals surface area contributed by atoms with E-state index in [0.717, 1.165) is 5.56 Å². The molecule has 3 aromatic rings. The van der Waals surface area contributed by atoms with E-state index in [1.165, 1.54) is 4.68 Å². The van der Waals surface area contributed by atoms with Crippen molar-refractivity contribution in [3.63, 3.8) is 0 Å². The van der Waals surface area contributed by atoms with Crippen molar-refractivity contribution >= 4 is 16.7 Å². The molecule has 0 saturated heterocycles. The smallest absolute Gasteiger partial charge is 0.157 e. The zero-order valence-corrected chi connectivity index (χ0v) is 12.0. The number of fused-ring (bicyclic) bond motifs is 1. The van der Waals surface area contributed by atoms with Crippen LogP contribution in [-0.2, 0) is 7.05 Å². The highest BCUT2D eigenvalue weighted by Crippen LogP contribution is 2.33. The maximum atomic E-state index is 14.4. The van der Waals surface area contributed by atoms with Crippen molar-refractivity contribution in [1.82, 2.24) is 15.0 Å². The number of nitrogens with zero attached hydrogens (tertiary/aromatic N) is 3. The molecular weight excluding hydrogens is 271 g/mol. The predicted molar refractivity (Wildman–Crippen MR) is 78.9 cm³/mol. The maximum absolute atomic E-state index is 14.4. The normalized spacial score (nSPS) is 11.0. The van der Waals surface area contributed by atoms with E-state index in [-0.39, 0.29) is 5.82 Å². The molecule has 2 N–H and O–H groups in total. The minimum atomic E-state index is -0.372. The SMILES string of the molecule is Cc1cc(N)ccc1Oc1cc2nnn(C)c2c(F)c1C. The van der Waals surface area contributed by atoms with Crippen LogP contribution in [0.2, 0.25) is 0 Å². The van der Waals surface area contributed by atoms with Gasteiger partial charge in [-0.15, -0.1) is 5.10 Å². The molecule has 0 atom stereocenters. The molecule has 0 saturated carbocycles. The Labute approximate surface area is 121 Å². The van der Waals surface area contributed by atoms with Gasteiger partial charge in [-0.2, -0.15) is 0 Å². The highest BCUT2D eigenvalue weighted by molar-refractivity contribution is 5.78. The topological polar surface area (TPSA) is 66.0 Å². The van der Waals surface area contributed by atoms with Crippen molar-refractivity contribution in [3.8, 4) is 11.5 Å². The van der Waals surface area contributed by atoms with E-state index in [0.29, 0.717) is 33.8 Å². The molecule has 2 aromatic carbocycles. The Bertz CT molecular complexity index is 841. The van der Waals surface area contributed by atoms with Gasteiger partial charge in [0, 0.05) is 24.4 Å². The van der Waals surface area contributed by atoms with E-state index in [4.69, 9.17) is 10.5 Å². The summed E-state index contributed by atoms with van der Waals surface area (Å²) in [5.74, 6) is 0.686. The highest BCUT2D eigenvalue weighted by Gasteiger charge is 2.16. The van der Waals surface area contributed by atoms with Gasteiger partial charge in [0.05, 0.1) is 0 Å². The molecule has 108 valence electrons. The van der Waals surface area contributed by atoms with Crippen molar-refractivity contribution < 1.29 is 9.13 Å². The first-order valence-corrected chi connectivity index (χ1v) is 6.50. The minimum absolute atomic E-state index is 0.369. The van der Waals surface area contributed by atoms with Crippen LogP contribution in [0.15, 0.2) is 24.3 Å². The summed E-state index contributed by atoms with van der Waals surface area (Å²) in [5.41, 5.74) is 8.51. The Kier molecular flexibility index (Phi) is 3.01. The third kappa shape index (κ3) is 2.18. The quantitative estimate of drug-likeness (QED) is 0.735. The Hall–Kier alpha value is -2.63. The standard InChI is InChI=1S/C15H15FN4O/c1-8-6-10(17)4-5-12(8)21-13-7-11-15(14(16)9(13)2)20(3)19-18-11/h4-7H,17H2,1-3H3.